The van der Waals surface area contributed by atoms with Crippen molar-refractivity contribution in [1.82, 2.24) is 4.90 Å². The van der Waals surface area contributed by atoms with Crippen molar-refractivity contribution in [2.24, 2.45) is 5.92 Å². The molecule has 4 heteroatoms. The number of nitrogens with zero attached hydrogens (tertiary/aromatic N) is 1. The highest BCUT2D eigenvalue weighted by Crippen LogP contribution is 2.61. The predicted octanol–water partition coefficient (Wildman–Crippen LogP) is 2.75. The van der Waals surface area contributed by atoms with Crippen LogP contribution in [0.5, 0.6) is 0 Å². The van der Waals surface area contributed by atoms with Gasteiger partial charge in [0.15, 0.2) is 0 Å². The van der Waals surface area contributed by atoms with Crippen molar-refractivity contribution in [3.63, 3.8) is 0 Å². The zero-order valence-electron chi connectivity index (χ0n) is 13.3. The number of likely N-dealkylation sites (tertiary alicyclic amines) is 1. The van der Waals surface area contributed by atoms with Crippen LogP contribution in [0.3, 0.4) is 0 Å². The minimum Gasteiger partial charge on any atom is -0.481 e. The number of carboxylic acid groups (broad SMARTS) is 1. The van der Waals surface area contributed by atoms with Crippen molar-refractivity contribution in [3.05, 3.63) is 35.4 Å². The third-order valence-electron chi connectivity index (χ3n) is 6.07. The van der Waals surface area contributed by atoms with E-state index in [9.17, 15) is 9.59 Å². The SMILES string of the molecule is O=C(O)CC1CCCN1C(=O)C1CC12CCCc1ccccc12. The fourth-order valence-corrected chi connectivity index (χ4v) is 4.90. The van der Waals surface area contributed by atoms with E-state index in [-0.39, 0.29) is 29.7 Å². The second-order valence-corrected chi connectivity index (χ2v) is 7.35. The van der Waals surface area contributed by atoms with Crippen LogP contribution in [0.25, 0.3) is 0 Å². The van der Waals surface area contributed by atoms with Crippen LogP contribution in [0.2, 0.25) is 0 Å². The summed E-state index contributed by atoms with van der Waals surface area (Å²) in [5, 5.41) is 9.06. The molecule has 1 aromatic carbocycles. The normalized spacial score (nSPS) is 31.9. The zero-order valence-corrected chi connectivity index (χ0v) is 13.3. The lowest BCUT2D eigenvalue weighted by atomic mass is 9.78. The number of aryl methyl sites for hydroxylation is 1. The van der Waals surface area contributed by atoms with Gasteiger partial charge in [-0.25, -0.2) is 0 Å². The monoisotopic (exact) mass is 313 g/mol. The molecule has 1 saturated heterocycles. The summed E-state index contributed by atoms with van der Waals surface area (Å²) < 4.78 is 0. The van der Waals surface area contributed by atoms with E-state index in [1.54, 1.807) is 0 Å². The highest BCUT2D eigenvalue weighted by molar-refractivity contribution is 5.86. The van der Waals surface area contributed by atoms with E-state index in [0.717, 1.165) is 45.1 Å². The molecule has 3 unspecified atom stereocenters. The van der Waals surface area contributed by atoms with Gasteiger partial charge in [-0.3, -0.25) is 9.59 Å². The highest BCUT2D eigenvalue weighted by atomic mass is 16.4. The first-order chi connectivity index (χ1) is 11.1. The molecule has 4 nitrogen and oxygen atoms in total. The molecular formula is C19H23NO3. The summed E-state index contributed by atoms with van der Waals surface area (Å²) in [6.07, 6.45) is 6.15. The van der Waals surface area contributed by atoms with Gasteiger partial charge in [0.05, 0.1) is 6.42 Å². The average Bonchev–Trinajstić information content (AvgIpc) is 3.06. The van der Waals surface area contributed by atoms with Crippen LogP contribution in [0.4, 0.5) is 0 Å². The summed E-state index contributed by atoms with van der Waals surface area (Å²) in [5.41, 5.74) is 2.82. The predicted molar refractivity (Wildman–Crippen MR) is 86.2 cm³/mol. The minimum atomic E-state index is -0.803. The summed E-state index contributed by atoms with van der Waals surface area (Å²) >= 11 is 0. The molecule has 1 aliphatic heterocycles. The molecular weight excluding hydrogens is 290 g/mol. The second-order valence-electron chi connectivity index (χ2n) is 7.35. The van der Waals surface area contributed by atoms with E-state index < -0.39 is 5.97 Å². The summed E-state index contributed by atoms with van der Waals surface area (Å²) in [6, 6.07) is 8.45. The van der Waals surface area contributed by atoms with Gasteiger partial charge in [0.1, 0.15) is 0 Å². The maximum absolute atomic E-state index is 13.0. The van der Waals surface area contributed by atoms with Gasteiger partial charge in [-0.05, 0) is 49.7 Å². The van der Waals surface area contributed by atoms with Gasteiger partial charge >= 0.3 is 5.97 Å². The molecule has 1 spiro atoms. The Bertz CT molecular complexity index is 656. The molecule has 0 radical (unpaired) electrons. The standard InChI is InChI=1S/C19H23NO3/c21-17(22)11-14-7-4-10-20(14)18(23)16-12-19(16)9-3-6-13-5-1-2-8-15(13)19/h1-2,5,8,14,16H,3-4,6-7,9-12H2,(H,21,22). The summed E-state index contributed by atoms with van der Waals surface area (Å²) in [6.45, 7) is 0.727. The quantitative estimate of drug-likeness (QED) is 0.933. The molecule has 1 N–H and O–H groups in total. The molecule has 1 heterocycles. The Kier molecular flexibility index (Phi) is 3.43. The topological polar surface area (TPSA) is 57.6 Å². The van der Waals surface area contributed by atoms with Gasteiger partial charge in [0, 0.05) is 23.9 Å². The molecule has 122 valence electrons. The Morgan fingerprint density at radius 2 is 2.09 bits per heavy atom. The maximum Gasteiger partial charge on any atom is 0.305 e. The number of amides is 1. The second kappa shape index (κ2) is 5.36. The number of carbonyl (C=O) groups excluding carboxylic acids is 1. The van der Waals surface area contributed by atoms with Crippen molar-refractivity contribution in [3.8, 4) is 0 Å². The van der Waals surface area contributed by atoms with Crippen molar-refractivity contribution >= 4 is 11.9 Å². The Balaban J connectivity index is 1.55. The van der Waals surface area contributed by atoms with Gasteiger partial charge in [-0.1, -0.05) is 24.3 Å². The molecule has 0 bridgehead atoms. The van der Waals surface area contributed by atoms with E-state index in [2.05, 4.69) is 24.3 Å². The minimum absolute atomic E-state index is 0.0439. The first-order valence-electron chi connectivity index (χ1n) is 8.72. The van der Waals surface area contributed by atoms with Crippen LogP contribution in [0.15, 0.2) is 24.3 Å². The van der Waals surface area contributed by atoms with E-state index >= 15 is 0 Å². The van der Waals surface area contributed by atoms with Crippen LogP contribution < -0.4 is 0 Å². The van der Waals surface area contributed by atoms with Crippen LogP contribution in [-0.2, 0) is 21.4 Å². The number of carboxylic acids is 1. The fourth-order valence-electron chi connectivity index (χ4n) is 4.90. The van der Waals surface area contributed by atoms with Crippen molar-refractivity contribution in [2.75, 3.05) is 6.54 Å². The lowest BCUT2D eigenvalue weighted by Crippen LogP contribution is -2.39. The third kappa shape index (κ3) is 2.35. The smallest absolute Gasteiger partial charge is 0.305 e. The van der Waals surface area contributed by atoms with Gasteiger partial charge in [-0.15, -0.1) is 0 Å². The largest absolute Gasteiger partial charge is 0.481 e. The molecule has 0 aromatic heterocycles. The number of fused-ring (bicyclic) bond motifs is 2. The fraction of sp³-hybridized carbons (Fsp3) is 0.579. The van der Waals surface area contributed by atoms with Crippen LogP contribution in [0, 0.1) is 5.92 Å². The molecule has 4 rings (SSSR count). The molecule has 2 fully saturated rings. The van der Waals surface area contributed by atoms with Crippen molar-refractivity contribution < 1.29 is 14.7 Å². The van der Waals surface area contributed by atoms with Gasteiger partial charge in [0.2, 0.25) is 5.91 Å². The first kappa shape index (κ1) is 14.7. The molecule has 1 amide bonds. The van der Waals surface area contributed by atoms with E-state index in [4.69, 9.17) is 5.11 Å². The molecule has 3 atom stereocenters. The molecule has 1 saturated carbocycles. The summed E-state index contributed by atoms with van der Waals surface area (Å²) in [7, 11) is 0. The average molecular weight is 313 g/mol. The van der Waals surface area contributed by atoms with Crippen molar-refractivity contribution in [2.45, 2.75) is 56.4 Å². The number of hydrogen-bond donors (Lipinski definition) is 1. The van der Waals surface area contributed by atoms with Crippen LogP contribution in [-0.4, -0.2) is 34.5 Å². The first-order valence-corrected chi connectivity index (χ1v) is 8.72. The highest BCUT2D eigenvalue weighted by Gasteiger charge is 2.61. The zero-order chi connectivity index (χ0) is 16.0. The Hall–Kier alpha value is -1.84. The Morgan fingerprint density at radius 1 is 1.26 bits per heavy atom. The number of rotatable bonds is 3. The van der Waals surface area contributed by atoms with Crippen LogP contribution >= 0.6 is 0 Å². The maximum atomic E-state index is 13.0. The van der Waals surface area contributed by atoms with E-state index in [1.165, 1.54) is 11.1 Å². The van der Waals surface area contributed by atoms with Crippen molar-refractivity contribution in [1.29, 1.82) is 0 Å². The number of benzene rings is 1. The van der Waals surface area contributed by atoms with Gasteiger partial charge in [-0.2, -0.15) is 0 Å². The molecule has 2 aliphatic carbocycles. The molecule has 3 aliphatic rings. The molecule has 1 aromatic rings. The van der Waals surface area contributed by atoms with Gasteiger partial charge in [0.25, 0.3) is 0 Å². The van der Waals surface area contributed by atoms with E-state index in [0.29, 0.717) is 0 Å². The number of hydrogen-bond acceptors (Lipinski definition) is 2. The van der Waals surface area contributed by atoms with E-state index in [1.807, 2.05) is 4.90 Å². The Morgan fingerprint density at radius 3 is 2.91 bits per heavy atom. The van der Waals surface area contributed by atoms with Gasteiger partial charge < -0.3 is 10.0 Å². The summed E-state index contributed by atoms with van der Waals surface area (Å²) in [5.74, 6) is -0.535. The summed E-state index contributed by atoms with van der Waals surface area (Å²) in [4.78, 5) is 25.9. The Labute approximate surface area is 136 Å². The lowest BCUT2D eigenvalue weighted by molar-refractivity contribution is -0.140. The number of carbonyl (C=O) groups is 2. The third-order valence-corrected chi connectivity index (χ3v) is 6.07. The van der Waals surface area contributed by atoms with Crippen LogP contribution in [0.1, 0.15) is 49.7 Å². The number of aliphatic carboxylic acids is 1. The molecule has 23 heavy (non-hydrogen) atoms. The lowest BCUT2D eigenvalue weighted by Gasteiger charge is -2.29.